The summed E-state index contributed by atoms with van der Waals surface area (Å²) in [4.78, 5) is 4.02. The van der Waals surface area contributed by atoms with Crippen LogP contribution in [0.25, 0.3) is 0 Å². The first kappa shape index (κ1) is 14.6. The van der Waals surface area contributed by atoms with E-state index in [1.807, 2.05) is 6.92 Å². The van der Waals surface area contributed by atoms with E-state index in [2.05, 4.69) is 15.4 Å². The highest BCUT2D eigenvalue weighted by atomic mass is 19.1. The molecule has 20 heavy (non-hydrogen) atoms. The molecule has 6 heteroatoms. The fraction of sp³-hybridized carbons (Fsp3) is 0.429. The summed E-state index contributed by atoms with van der Waals surface area (Å²) in [5.41, 5.74) is 0.447. The van der Waals surface area contributed by atoms with Crippen molar-refractivity contribution < 1.29 is 9.50 Å². The Morgan fingerprint density at radius 2 is 2.20 bits per heavy atom. The second-order valence-electron chi connectivity index (χ2n) is 5.18. The molecule has 2 N–H and O–H groups in total. The van der Waals surface area contributed by atoms with Crippen molar-refractivity contribution in [2.45, 2.75) is 25.5 Å². The molecule has 0 saturated carbocycles. The van der Waals surface area contributed by atoms with Gasteiger partial charge in [-0.2, -0.15) is 5.10 Å². The van der Waals surface area contributed by atoms with Crippen LogP contribution in [0.4, 0.5) is 4.39 Å². The van der Waals surface area contributed by atoms with Gasteiger partial charge in [0.15, 0.2) is 0 Å². The minimum Gasteiger partial charge on any atom is -0.384 e. The molecular formula is C14H19FN4O. The zero-order chi connectivity index (χ0) is 14.8. The van der Waals surface area contributed by atoms with Gasteiger partial charge in [-0.15, -0.1) is 0 Å². The van der Waals surface area contributed by atoms with Crippen molar-refractivity contribution in [2.75, 3.05) is 6.54 Å². The zero-order valence-corrected chi connectivity index (χ0v) is 11.8. The van der Waals surface area contributed by atoms with Crippen LogP contribution in [0.15, 0.2) is 30.7 Å². The van der Waals surface area contributed by atoms with Crippen LogP contribution in [0.3, 0.4) is 0 Å². The van der Waals surface area contributed by atoms with Crippen LogP contribution in [0.1, 0.15) is 31.1 Å². The highest BCUT2D eigenvalue weighted by Crippen LogP contribution is 2.20. The van der Waals surface area contributed by atoms with Gasteiger partial charge in [0, 0.05) is 31.4 Å². The summed E-state index contributed by atoms with van der Waals surface area (Å²) in [5.74, 6) is -0.358. The van der Waals surface area contributed by atoms with Gasteiger partial charge in [0.05, 0.1) is 18.1 Å². The number of hydrogen-bond acceptors (Lipinski definition) is 4. The molecule has 0 saturated heterocycles. The third-order valence-electron chi connectivity index (χ3n) is 3.27. The second-order valence-corrected chi connectivity index (χ2v) is 5.18. The van der Waals surface area contributed by atoms with Crippen LogP contribution in [-0.4, -0.2) is 26.4 Å². The van der Waals surface area contributed by atoms with Gasteiger partial charge in [-0.3, -0.25) is 9.67 Å². The number of aromatic nitrogens is 3. The molecule has 0 aliphatic heterocycles. The Hall–Kier alpha value is -1.79. The molecule has 2 rings (SSSR count). The van der Waals surface area contributed by atoms with Crippen molar-refractivity contribution in [3.8, 4) is 0 Å². The number of aryl methyl sites for hydroxylation is 1. The van der Waals surface area contributed by atoms with E-state index in [1.165, 1.54) is 12.3 Å². The number of pyridine rings is 1. The Morgan fingerprint density at radius 3 is 2.75 bits per heavy atom. The van der Waals surface area contributed by atoms with Gasteiger partial charge in [-0.25, -0.2) is 4.39 Å². The molecule has 0 radical (unpaired) electrons. The summed E-state index contributed by atoms with van der Waals surface area (Å²) in [6.45, 7) is 3.99. The number of halogens is 1. The third kappa shape index (κ3) is 3.40. The fourth-order valence-corrected chi connectivity index (χ4v) is 1.90. The smallest absolute Gasteiger partial charge is 0.141 e. The second kappa shape index (κ2) is 5.68. The zero-order valence-electron chi connectivity index (χ0n) is 11.8. The maximum absolute atomic E-state index is 12.8. The number of nitrogens with zero attached hydrogens (tertiary/aromatic N) is 3. The van der Waals surface area contributed by atoms with Crippen LogP contribution in [0.2, 0.25) is 0 Å². The molecule has 0 fully saturated rings. The monoisotopic (exact) mass is 278 g/mol. The van der Waals surface area contributed by atoms with Crippen LogP contribution in [0.5, 0.6) is 0 Å². The van der Waals surface area contributed by atoms with Gasteiger partial charge in [0.25, 0.3) is 0 Å². The molecule has 108 valence electrons. The third-order valence-corrected chi connectivity index (χ3v) is 3.27. The average molecular weight is 278 g/mol. The standard InChI is InChI=1S/C14H19FN4O/c1-10(13-5-4-12(15)7-16-13)17-9-14(2,20)11-6-18-19(3)8-11/h4-8,10,17,20H,9H2,1-3H3. The van der Waals surface area contributed by atoms with E-state index in [4.69, 9.17) is 0 Å². The lowest BCUT2D eigenvalue weighted by molar-refractivity contribution is 0.0541. The van der Waals surface area contributed by atoms with E-state index < -0.39 is 5.60 Å². The summed E-state index contributed by atoms with van der Waals surface area (Å²) in [7, 11) is 1.80. The lowest BCUT2D eigenvalue weighted by Crippen LogP contribution is -2.36. The summed E-state index contributed by atoms with van der Waals surface area (Å²) < 4.78 is 14.5. The number of nitrogens with one attached hydrogen (secondary N) is 1. The summed E-state index contributed by atoms with van der Waals surface area (Å²) in [6, 6.07) is 2.92. The van der Waals surface area contributed by atoms with Gasteiger partial charge in [0.2, 0.25) is 0 Å². The van der Waals surface area contributed by atoms with E-state index in [0.29, 0.717) is 6.54 Å². The predicted molar refractivity (Wildman–Crippen MR) is 73.4 cm³/mol. The van der Waals surface area contributed by atoms with Crippen molar-refractivity contribution >= 4 is 0 Å². The van der Waals surface area contributed by atoms with Crippen molar-refractivity contribution in [1.29, 1.82) is 0 Å². The molecule has 0 spiro atoms. The topological polar surface area (TPSA) is 63.0 Å². The first-order chi connectivity index (χ1) is 9.38. The van der Waals surface area contributed by atoms with Crippen molar-refractivity contribution in [3.63, 3.8) is 0 Å². The summed E-state index contributed by atoms with van der Waals surface area (Å²) in [6.07, 6.45) is 4.61. The molecule has 2 heterocycles. The van der Waals surface area contributed by atoms with Gasteiger partial charge in [-0.05, 0) is 26.0 Å². The maximum atomic E-state index is 12.8. The first-order valence-corrected chi connectivity index (χ1v) is 6.45. The molecule has 0 aromatic carbocycles. The highest BCUT2D eigenvalue weighted by molar-refractivity contribution is 5.15. The molecule has 2 unspecified atom stereocenters. The fourth-order valence-electron chi connectivity index (χ4n) is 1.90. The normalized spacial score (nSPS) is 15.8. The Balaban J connectivity index is 1.98. The van der Waals surface area contributed by atoms with E-state index in [9.17, 15) is 9.50 Å². The molecule has 2 atom stereocenters. The van der Waals surface area contributed by atoms with Gasteiger partial charge in [0.1, 0.15) is 11.4 Å². The molecule has 0 aliphatic rings. The van der Waals surface area contributed by atoms with Crippen molar-refractivity contribution in [1.82, 2.24) is 20.1 Å². The minimum atomic E-state index is -1.03. The molecular weight excluding hydrogens is 259 g/mol. The predicted octanol–water partition coefficient (Wildman–Crippen LogP) is 1.51. The molecule has 0 bridgehead atoms. The summed E-state index contributed by atoms with van der Waals surface area (Å²) >= 11 is 0. The minimum absolute atomic E-state index is 0.0845. The SMILES string of the molecule is CC(NCC(C)(O)c1cnn(C)c1)c1ccc(F)cn1. The van der Waals surface area contributed by atoms with Crippen LogP contribution < -0.4 is 5.32 Å². The Morgan fingerprint density at radius 1 is 1.45 bits per heavy atom. The van der Waals surface area contributed by atoms with Crippen LogP contribution >= 0.6 is 0 Å². The lowest BCUT2D eigenvalue weighted by atomic mass is 9.99. The quantitative estimate of drug-likeness (QED) is 0.870. The number of hydrogen-bond donors (Lipinski definition) is 2. The van der Waals surface area contributed by atoms with Crippen molar-refractivity contribution in [3.05, 3.63) is 47.8 Å². The Bertz CT molecular complexity index is 565. The first-order valence-electron chi connectivity index (χ1n) is 6.45. The Kier molecular flexibility index (Phi) is 4.15. The Labute approximate surface area is 117 Å². The maximum Gasteiger partial charge on any atom is 0.141 e. The number of rotatable bonds is 5. The van der Waals surface area contributed by atoms with E-state index in [1.54, 1.807) is 37.1 Å². The van der Waals surface area contributed by atoms with Gasteiger partial charge >= 0.3 is 0 Å². The molecule has 5 nitrogen and oxygen atoms in total. The van der Waals surface area contributed by atoms with E-state index >= 15 is 0 Å². The van der Waals surface area contributed by atoms with E-state index in [0.717, 1.165) is 11.3 Å². The van der Waals surface area contributed by atoms with E-state index in [-0.39, 0.29) is 11.9 Å². The summed E-state index contributed by atoms with van der Waals surface area (Å²) in [5, 5.41) is 17.7. The molecule has 0 amide bonds. The van der Waals surface area contributed by atoms with Crippen LogP contribution in [0, 0.1) is 5.82 Å². The largest absolute Gasteiger partial charge is 0.384 e. The van der Waals surface area contributed by atoms with Gasteiger partial charge < -0.3 is 10.4 Å². The van der Waals surface area contributed by atoms with Crippen LogP contribution in [-0.2, 0) is 12.6 Å². The van der Waals surface area contributed by atoms with Gasteiger partial charge in [-0.1, -0.05) is 0 Å². The molecule has 2 aromatic heterocycles. The lowest BCUT2D eigenvalue weighted by Gasteiger charge is -2.24. The average Bonchev–Trinajstić information content (AvgIpc) is 2.84. The number of aliphatic hydroxyl groups is 1. The van der Waals surface area contributed by atoms with Crippen molar-refractivity contribution in [2.24, 2.45) is 7.05 Å². The highest BCUT2D eigenvalue weighted by Gasteiger charge is 2.25. The molecule has 2 aromatic rings. The molecule has 0 aliphatic carbocycles.